The van der Waals surface area contributed by atoms with Gasteiger partial charge in [-0.1, -0.05) is 6.07 Å². The van der Waals surface area contributed by atoms with Crippen LogP contribution >= 0.6 is 0 Å². The third-order valence-electron chi connectivity index (χ3n) is 2.03. The highest BCUT2D eigenvalue weighted by Crippen LogP contribution is 2.26. The first-order chi connectivity index (χ1) is 7.11. The molecule has 1 amide bonds. The number of nitrogens with two attached hydrogens (primary N) is 1. The van der Waals surface area contributed by atoms with Crippen LogP contribution in [0.4, 0.5) is 0 Å². The summed E-state index contributed by atoms with van der Waals surface area (Å²) in [6, 6.07) is 5.27. The summed E-state index contributed by atoms with van der Waals surface area (Å²) in [4.78, 5) is 11.1. The van der Waals surface area contributed by atoms with Crippen molar-refractivity contribution in [3.8, 4) is 11.8 Å². The molecule has 1 aromatic carbocycles. The van der Waals surface area contributed by atoms with E-state index in [2.05, 4.69) is 0 Å². The number of nitrogens with zero attached hydrogens (tertiary/aromatic N) is 1. The lowest BCUT2D eigenvalue weighted by atomic mass is 10.0. The fraction of sp³-hybridized carbons (Fsp3) is 0.273. The van der Waals surface area contributed by atoms with Crippen molar-refractivity contribution in [3.63, 3.8) is 0 Å². The van der Waals surface area contributed by atoms with E-state index in [4.69, 9.17) is 15.7 Å². The molecule has 0 saturated heterocycles. The molecule has 0 aliphatic heterocycles. The molecule has 0 aliphatic carbocycles. The van der Waals surface area contributed by atoms with Gasteiger partial charge >= 0.3 is 0 Å². The van der Waals surface area contributed by atoms with E-state index in [1.807, 2.05) is 6.07 Å². The van der Waals surface area contributed by atoms with Crippen LogP contribution in [0, 0.1) is 18.3 Å². The van der Waals surface area contributed by atoms with Gasteiger partial charge in [-0.15, -0.1) is 0 Å². The first kappa shape index (κ1) is 11.1. The molecule has 0 aromatic heterocycles. The highest BCUT2D eigenvalue weighted by molar-refractivity contribution is 5.96. The lowest BCUT2D eigenvalue weighted by Gasteiger charge is -2.10. The molecule has 0 radical (unpaired) electrons. The van der Waals surface area contributed by atoms with Crippen LogP contribution in [0.5, 0.6) is 5.75 Å². The molecule has 0 unspecified atom stereocenters. The van der Waals surface area contributed by atoms with Crippen LogP contribution in [0.25, 0.3) is 0 Å². The van der Waals surface area contributed by atoms with E-state index in [0.717, 1.165) is 5.56 Å². The van der Waals surface area contributed by atoms with E-state index < -0.39 is 5.91 Å². The predicted octanol–water partition coefficient (Wildman–Crippen LogP) is 1.36. The van der Waals surface area contributed by atoms with Crippen molar-refractivity contribution in [3.05, 3.63) is 28.8 Å². The Hall–Kier alpha value is -2.02. The largest absolute Gasteiger partial charge is 0.492 e. The molecule has 0 aliphatic rings. The summed E-state index contributed by atoms with van der Waals surface area (Å²) in [5.74, 6) is -0.303. The minimum atomic E-state index is -0.588. The Labute approximate surface area is 88.3 Å². The SMILES string of the molecule is CCOc1c(C(N)=O)ccc(C)c1C#N. The normalized spacial score (nSPS) is 9.40. The first-order valence-electron chi connectivity index (χ1n) is 4.58. The van der Waals surface area contributed by atoms with Crippen molar-refractivity contribution < 1.29 is 9.53 Å². The van der Waals surface area contributed by atoms with Gasteiger partial charge in [0.05, 0.1) is 17.7 Å². The zero-order valence-electron chi connectivity index (χ0n) is 8.70. The molecule has 78 valence electrons. The molecule has 2 N–H and O–H groups in total. The number of aryl methyl sites for hydroxylation is 1. The molecule has 0 spiro atoms. The molecule has 1 rings (SSSR count). The zero-order valence-corrected chi connectivity index (χ0v) is 8.70. The molecular weight excluding hydrogens is 192 g/mol. The Morgan fingerprint density at radius 1 is 1.60 bits per heavy atom. The minimum absolute atomic E-state index is 0.249. The Morgan fingerprint density at radius 3 is 2.73 bits per heavy atom. The number of amides is 1. The average molecular weight is 204 g/mol. The van der Waals surface area contributed by atoms with Gasteiger partial charge in [-0.25, -0.2) is 0 Å². The smallest absolute Gasteiger partial charge is 0.252 e. The Bertz CT molecular complexity index is 433. The Balaban J connectivity index is 3.43. The van der Waals surface area contributed by atoms with E-state index in [1.165, 1.54) is 0 Å². The van der Waals surface area contributed by atoms with Gasteiger partial charge in [0.25, 0.3) is 5.91 Å². The van der Waals surface area contributed by atoms with Crippen molar-refractivity contribution in [1.29, 1.82) is 5.26 Å². The molecule has 0 fully saturated rings. The maximum Gasteiger partial charge on any atom is 0.252 e. The number of primary amides is 1. The second-order valence-corrected chi connectivity index (χ2v) is 3.04. The van der Waals surface area contributed by atoms with Gasteiger partial charge in [0.15, 0.2) is 0 Å². The maximum absolute atomic E-state index is 11.1. The van der Waals surface area contributed by atoms with Crippen molar-refractivity contribution in [1.82, 2.24) is 0 Å². The van der Waals surface area contributed by atoms with Crippen LogP contribution in [0.15, 0.2) is 12.1 Å². The van der Waals surface area contributed by atoms with E-state index in [1.54, 1.807) is 26.0 Å². The summed E-state index contributed by atoms with van der Waals surface area (Å²) in [5.41, 5.74) is 6.58. The Kier molecular flexibility index (Phi) is 3.29. The molecule has 4 nitrogen and oxygen atoms in total. The predicted molar refractivity (Wildman–Crippen MR) is 55.6 cm³/mol. The summed E-state index contributed by atoms with van der Waals surface area (Å²) in [6.45, 7) is 3.96. The molecule has 0 saturated carbocycles. The highest BCUT2D eigenvalue weighted by atomic mass is 16.5. The van der Waals surface area contributed by atoms with Gasteiger partial charge in [-0.3, -0.25) is 4.79 Å². The fourth-order valence-electron chi connectivity index (χ4n) is 1.31. The van der Waals surface area contributed by atoms with E-state index in [-0.39, 0.29) is 11.3 Å². The summed E-state index contributed by atoms with van der Waals surface area (Å²) in [6.07, 6.45) is 0. The molecule has 15 heavy (non-hydrogen) atoms. The second kappa shape index (κ2) is 4.47. The van der Waals surface area contributed by atoms with Crippen LogP contribution in [-0.2, 0) is 0 Å². The second-order valence-electron chi connectivity index (χ2n) is 3.04. The van der Waals surface area contributed by atoms with Crippen LogP contribution < -0.4 is 10.5 Å². The lowest BCUT2D eigenvalue weighted by Crippen LogP contribution is -2.14. The number of hydrogen-bond acceptors (Lipinski definition) is 3. The van der Waals surface area contributed by atoms with Crippen molar-refractivity contribution in [2.24, 2.45) is 5.73 Å². The summed E-state index contributed by atoms with van der Waals surface area (Å²) < 4.78 is 5.28. The van der Waals surface area contributed by atoms with Crippen molar-refractivity contribution in [2.45, 2.75) is 13.8 Å². The molecule has 0 bridgehead atoms. The molecule has 0 heterocycles. The van der Waals surface area contributed by atoms with E-state index in [0.29, 0.717) is 12.2 Å². The van der Waals surface area contributed by atoms with E-state index in [9.17, 15) is 4.79 Å². The quantitative estimate of drug-likeness (QED) is 0.807. The van der Waals surface area contributed by atoms with Gasteiger partial charge in [-0.05, 0) is 25.5 Å². The lowest BCUT2D eigenvalue weighted by molar-refractivity contribution is 0.0996. The topological polar surface area (TPSA) is 76.1 Å². The molecular formula is C11H12N2O2. The molecule has 0 atom stereocenters. The first-order valence-corrected chi connectivity index (χ1v) is 4.58. The number of carbonyl (C=O) groups is 1. The zero-order chi connectivity index (χ0) is 11.4. The number of carbonyl (C=O) groups excluding carboxylic acids is 1. The number of rotatable bonds is 3. The number of nitriles is 1. The van der Waals surface area contributed by atoms with Gasteiger partial charge < -0.3 is 10.5 Å². The fourth-order valence-corrected chi connectivity index (χ4v) is 1.31. The van der Waals surface area contributed by atoms with Crippen LogP contribution in [-0.4, -0.2) is 12.5 Å². The maximum atomic E-state index is 11.1. The monoisotopic (exact) mass is 204 g/mol. The van der Waals surface area contributed by atoms with Crippen molar-refractivity contribution in [2.75, 3.05) is 6.61 Å². The van der Waals surface area contributed by atoms with Gasteiger partial charge in [-0.2, -0.15) is 5.26 Å². The van der Waals surface area contributed by atoms with Crippen LogP contribution in [0.1, 0.15) is 28.4 Å². The highest BCUT2D eigenvalue weighted by Gasteiger charge is 2.15. The van der Waals surface area contributed by atoms with Gasteiger partial charge in [0.2, 0.25) is 0 Å². The number of hydrogen-bond donors (Lipinski definition) is 1. The van der Waals surface area contributed by atoms with Gasteiger partial charge in [0.1, 0.15) is 11.8 Å². The molecule has 1 aromatic rings. The van der Waals surface area contributed by atoms with Crippen LogP contribution in [0.2, 0.25) is 0 Å². The third kappa shape index (κ3) is 2.08. The van der Waals surface area contributed by atoms with E-state index >= 15 is 0 Å². The van der Waals surface area contributed by atoms with Crippen LogP contribution in [0.3, 0.4) is 0 Å². The van der Waals surface area contributed by atoms with Gasteiger partial charge in [0, 0.05) is 0 Å². The number of ether oxygens (including phenoxy) is 1. The summed E-state index contributed by atoms with van der Waals surface area (Å²) in [7, 11) is 0. The summed E-state index contributed by atoms with van der Waals surface area (Å²) >= 11 is 0. The number of benzene rings is 1. The average Bonchev–Trinajstić information content (AvgIpc) is 2.18. The minimum Gasteiger partial charge on any atom is -0.492 e. The third-order valence-corrected chi connectivity index (χ3v) is 2.03. The standard InChI is InChI=1S/C11H12N2O2/c1-3-15-10-8(11(13)14)5-4-7(2)9(10)6-12/h4-5H,3H2,1-2H3,(H2,13,14). The van der Waals surface area contributed by atoms with Crippen molar-refractivity contribution >= 4 is 5.91 Å². The summed E-state index contributed by atoms with van der Waals surface area (Å²) in [5, 5.41) is 8.95. The molecule has 4 heteroatoms. The Morgan fingerprint density at radius 2 is 2.27 bits per heavy atom.